The summed E-state index contributed by atoms with van der Waals surface area (Å²) in [6.45, 7) is 8.26. The van der Waals surface area contributed by atoms with Crippen LogP contribution in [-0.4, -0.2) is 10.2 Å². The molecule has 0 saturated carbocycles. The van der Waals surface area contributed by atoms with Gasteiger partial charge in [-0.2, -0.15) is 0 Å². The summed E-state index contributed by atoms with van der Waals surface area (Å²) >= 11 is 0. The smallest absolute Gasteiger partial charge is 0.118 e. The molecule has 2 aromatic rings. The average molecular weight is 270 g/mol. The molecule has 0 radical (unpaired) electrons. The van der Waals surface area contributed by atoms with Crippen LogP contribution in [0.5, 0.6) is 11.5 Å². The second-order valence-corrected chi connectivity index (χ2v) is 5.82. The van der Waals surface area contributed by atoms with Crippen LogP contribution in [0.2, 0.25) is 0 Å². The largest absolute Gasteiger partial charge is 0.508 e. The minimum Gasteiger partial charge on any atom is -0.508 e. The predicted molar refractivity (Wildman–Crippen MR) is 82.5 cm³/mol. The van der Waals surface area contributed by atoms with Crippen LogP contribution in [0.25, 0.3) is 0 Å². The summed E-state index contributed by atoms with van der Waals surface area (Å²) in [5.41, 5.74) is 3.99. The van der Waals surface area contributed by atoms with Crippen LogP contribution in [0, 0.1) is 6.92 Å². The maximum atomic E-state index is 9.82. The van der Waals surface area contributed by atoms with Crippen LogP contribution in [0.1, 0.15) is 43.0 Å². The SMILES string of the molecule is CCc1cc(C(C)(C)c2ccc(O)c(C)c2)ccc1O. The van der Waals surface area contributed by atoms with Crippen LogP contribution >= 0.6 is 0 Å². The number of rotatable bonds is 3. The molecule has 0 fully saturated rings. The van der Waals surface area contributed by atoms with E-state index in [0.717, 1.165) is 28.7 Å². The third-order valence-electron chi connectivity index (χ3n) is 4.10. The molecule has 0 aliphatic rings. The Morgan fingerprint density at radius 1 is 0.900 bits per heavy atom. The van der Waals surface area contributed by atoms with Gasteiger partial charge in [-0.25, -0.2) is 0 Å². The molecule has 2 aromatic carbocycles. The number of phenolic OH excluding ortho intramolecular Hbond substituents is 2. The van der Waals surface area contributed by atoms with Crippen molar-refractivity contribution in [3.63, 3.8) is 0 Å². The molecule has 0 atom stereocenters. The third kappa shape index (κ3) is 2.51. The van der Waals surface area contributed by atoms with Crippen LogP contribution in [-0.2, 0) is 11.8 Å². The van der Waals surface area contributed by atoms with Gasteiger partial charge in [-0.05, 0) is 47.7 Å². The Morgan fingerprint density at radius 2 is 1.45 bits per heavy atom. The Morgan fingerprint density at radius 3 is 2.00 bits per heavy atom. The summed E-state index contributed by atoms with van der Waals surface area (Å²) in [6.07, 6.45) is 0.810. The van der Waals surface area contributed by atoms with E-state index in [9.17, 15) is 10.2 Å². The van der Waals surface area contributed by atoms with Crippen molar-refractivity contribution in [2.24, 2.45) is 0 Å². The number of hydrogen-bond donors (Lipinski definition) is 2. The summed E-state index contributed by atoms with van der Waals surface area (Å²) in [5, 5.41) is 19.5. The van der Waals surface area contributed by atoms with Crippen molar-refractivity contribution in [1.82, 2.24) is 0 Å². The van der Waals surface area contributed by atoms with E-state index in [-0.39, 0.29) is 5.41 Å². The first kappa shape index (κ1) is 14.4. The van der Waals surface area contributed by atoms with Gasteiger partial charge in [0.05, 0.1) is 0 Å². The van der Waals surface area contributed by atoms with E-state index in [4.69, 9.17) is 0 Å². The van der Waals surface area contributed by atoms with E-state index >= 15 is 0 Å². The molecule has 2 heteroatoms. The van der Waals surface area contributed by atoms with Gasteiger partial charge in [0.15, 0.2) is 0 Å². The van der Waals surface area contributed by atoms with Crippen molar-refractivity contribution < 1.29 is 10.2 Å². The molecule has 0 amide bonds. The molecule has 0 bridgehead atoms. The van der Waals surface area contributed by atoms with Gasteiger partial charge in [0.1, 0.15) is 11.5 Å². The highest BCUT2D eigenvalue weighted by Crippen LogP contribution is 2.35. The van der Waals surface area contributed by atoms with Crippen molar-refractivity contribution in [2.75, 3.05) is 0 Å². The van der Waals surface area contributed by atoms with Crippen molar-refractivity contribution in [2.45, 2.75) is 39.5 Å². The fraction of sp³-hybridized carbons (Fsp3) is 0.333. The van der Waals surface area contributed by atoms with E-state index in [2.05, 4.69) is 19.9 Å². The highest BCUT2D eigenvalue weighted by molar-refractivity contribution is 5.46. The van der Waals surface area contributed by atoms with E-state index in [1.165, 1.54) is 0 Å². The van der Waals surface area contributed by atoms with Gasteiger partial charge in [0.2, 0.25) is 0 Å². The van der Waals surface area contributed by atoms with Crippen LogP contribution in [0.4, 0.5) is 0 Å². The summed E-state index contributed by atoms with van der Waals surface area (Å²) < 4.78 is 0. The molecule has 2 rings (SSSR count). The van der Waals surface area contributed by atoms with Crippen LogP contribution in [0.15, 0.2) is 36.4 Å². The number of aryl methyl sites for hydroxylation is 2. The Bertz CT molecular complexity index is 627. The van der Waals surface area contributed by atoms with Crippen molar-refractivity contribution in [1.29, 1.82) is 0 Å². The minimum absolute atomic E-state index is 0.171. The van der Waals surface area contributed by atoms with Crippen molar-refractivity contribution >= 4 is 0 Å². The summed E-state index contributed by atoms with van der Waals surface area (Å²) in [7, 11) is 0. The molecule has 0 heterocycles. The second kappa shape index (κ2) is 5.20. The molecule has 0 unspecified atom stereocenters. The monoisotopic (exact) mass is 270 g/mol. The lowest BCUT2D eigenvalue weighted by Crippen LogP contribution is -2.19. The lowest BCUT2D eigenvalue weighted by atomic mass is 9.77. The van der Waals surface area contributed by atoms with E-state index in [1.54, 1.807) is 12.1 Å². The number of phenols is 2. The zero-order chi connectivity index (χ0) is 14.9. The quantitative estimate of drug-likeness (QED) is 0.873. The zero-order valence-electron chi connectivity index (χ0n) is 12.6. The van der Waals surface area contributed by atoms with E-state index < -0.39 is 0 Å². The molecule has 2 N–H and O–H groups in total. The standard InChI is InChI=1S/C18H22O2/c1-5-13-11-15(7-9-17(13)20)18(3,4)14-6-8-16(19)12(2)10-14/h6-11,19-20H,5H2,1-4H3. The fourth-order valence-electron chi connectivity index (χ4n) is 2.47. The Labute approximate surface area is 120 Å². The Balaban J connectivity index is 2.50. The maximum Gasteiger partial charge on any atom is 0.118 e. The van der Waals surface area contributed by atoms with Gasteiger partial charge in [-0.15, -0.1) is 0 Å². The van der Waals surface area contributed by atoms with Crippen molar-refractivity contribution in [3.05, 3.63) is 58.7 Å². The van der Waals surface area contributed by atoms with Gasteiger partial charge < -0.3 is 10.2 Å². The highest BCUT2D eigenvalue weighted by atomic mass is 16.3. The maximum absolute atomic E-state index is 9.82. The second-order valence-electron chi connectivity index (χ2n) is 5.82. The van der Waals surface area contributed by atoms with Gasteiger partial charge in [0, 0.05) is 5.41 Å². The first-order valence-corrected chi connectivity index (χ1v) is 6.98. The Hall–Kier alpha value is -1.96. The van der Waals surface area contributed by atoms with Gasteiger partial charge >= 0.3 is 0 Å². The zero-order valence-corrected chi connectivity index (χ0v) is 12.6. The predicted octanol–water partition coefficient (Wildman–Crippen LogP) is 4.29. The van der Waals surface area contributed by atoms with Gasteiger partial charge in [0.25, 0.3) is 0 Å². The fourth-order valence-corrected chi connectivity index (χ4v) is 2.47. The first-order chi connectivity index (χ1) is 9.36. The first-order valence-electron chi connectivity index (χ1n) is 6.98. The number of hydrogen-bond acceptors (Lipinski definition) is 2. The van der Waals surface area contributed by atoms with Crippen LogP contribution < -0.4 is 0 Å². The van der Waals surface area contributed by atoms with Crippen LogP contribution in [0.3, 0.4) is 0 Å². The molecule has 0 aliphatic carbocycles. The molecule has 2 nitrogen and oxygen atoms in total. The molecule has 0 saturated heterocycles. The average Bonchev–Trinajstić information content (AvgIpc) is 2.42. The Kier molecular flexibility index (Phi) is 3.76. The number of benzene rings is 2. The summed E-state index contributed by atoms with van der Waals surface area (Å²) in [5.74, 6) is 0.679. The van der Waals surface area contributed by atoms with Gasteiger partial charge in [-0.3, -0.25) is 0 Å². The normalized spacial score (nSPS) is 11.6. The lowest BCUT2D eigenvalue weighted by molar-refractivity contribution is 0.467. The van der Waals surface area contributed by atoms with Gasteiger partial charge in [-0.1, -0.05) is 45.0 Å². The molecular weight excluding hydrogens is 248 g/mol. The number of aromatic hydroxyl groups is 2. The van der Waals surface area contributed by atoms with E-state index in [1.807, 2.05) is 32.0 Å². The minimum atomic E-state index is -0.171. The summed E-state index contributed by atoms with van der Waals surface area (Å²) in [4.78, 5) is 0. The third-order valence-corrected chi connectivity index (χ3v) is 4.10. The molecule has 0 aliphatic heterocycles. The molecule has 106 valence electrons. The molecule has 0 spiro atoms. The highest BCUT2D eigenvalue weighted by Gasteiger charge is 2.24. The van der Waals surface area contributed by atoms with Crippen molar-refractivity contribution in [3.8, 4) is 11.5 Å². The molecule has 20 heavy (non-hydrogen) atoms. The topological polar surface area (TPSA) is 40.5 Å². The molecular formula is C18H22O2. The molecule has 0 aromatic heterocycles. The lowest BCUT2D eigenvalue weighted by Gasteiger charge is -2.27. The summed E-state index contributed by atoms with van der Waals surface area (Å²) in [6, 6.07) is 11.5. The van der Waals surface area contributed by atoms with E-state index in [0.29, 0.717) is 11.5 Å².